The lowest BCUT2D eigenvalue weighted by Gasteiger charge is -2.18. The Labute approximate surface area is 142 Å². The van der Waals surface area contributed by atoms with Crippen LogP contribution in [0.2, 0.25) is 0 Å². The average Bonchev–Trinajstić information content (AvgIpc) is 3.24. The molecular weight excluding hydrogens is 298 g/mol. The number of pyridine rings is 1. The number of anilines is 2. The van der Waals surface area contributed by atoms with E-state index in [-0.39, 0.29) is 5.91 Å². The molecule has 1 aromatic carbocycles. The topological polar surface area (TPSA) is 45.2 Å². The Morgan fingerprint density at radius 1 is 1.08 bits per heavy atom. The second kappa shape index (κ2) is 6.63. The summed E-state index contributed by atoms with van der Waals surface area (Å²) in [7, 11) is 0. The van der Waals surface area contributed by atoms with Crippen LogP contribution in [0.3, 0.4) is 0 Å². The monoisotopic (exact) mass is 321 g/mol. The quantitative estimate of drug-likeness (QED) is 0.921. The molecule has 1 aliphatic carbocycles. The van der Waals surface area contributed by atoms with Gasteiger partial charge in [0.05, 0.1) is 0 Å². The van der Waals surface area contributed by atoms with Gasteiger partial charge in [0.15, 0.2) is 0 Å². The number of nitrogens with zero attached hydrogens (tertiary/aromatic N) is 2. The highest BCUT2D eigenvalue weighted by Crippen LogP contribution is 2.29. The first-order valence-corrected chi connectivity index (χ1v) is 8.84. The van der Waals surface area contributed by atoms with Crippen molar-refractivity contribution in [2.24, 2.45) is 5.92 Å². The van der Waals surface area contributed by atoms with Gasteiger partial charge in [-0.3, -0.25) is 9.78 Å². The van der Waals surface area contributed by atoms with Crippen LogP contribution in [0.25, 0.3) is 0 Å². The number of benzene rings is 1. The smallest absolute Gasteiger partial charge is 0.224 e. The summed E-state index contributed by atoms with van der Waals surface area (Å²) in [5, 5.41) is 3.04. The molecule has 4 heteroatoms. The van der Waals surface area contributed by atoms with Crippen molar-refractivity contribution in [2.45, 2.75) is 45.2 Å². The summed E-state index contributed by atoms with van der Waals surface area (Å²) in [5.74, 6) is 0.732. The highest BCUT2D eigenvalue weighted by atomic mass is 16.1. The van der Waals surface area contributed by atoms with E-state index in [1.54, 1.807) is 0 Å². The number of hydrogen-bond acceptors (Lipinski definition) is 3. The molecule has 1 aromatic heterocycles. The lowest BCUT2D eigenvalue weighted by molar-refractivity contribution is -0.117. The minimum absolute atomic E-state index is 0.148. The van der Waals surface area contributed by atoms with Crippen molar-refractivity contribution in [1.82, 2.24) is 4.98 Å². The van der Waals surface area contributed by atoms with Gasteiger partial charge in [-0.05, 0) is 60.2 Å². The van der Waals surface area contributed by atoms with Gasteiger partial charge in [-0.15, -0.1) is 0 Å². The van der Waals surface area contributed by atoms with Crippen molar-refractivity contribution in [2.75, 3.05) is 10.2 Å². The minimum Gasteiger partial charge on any atom is -0.363 e. The van der Waals surface area contributed by atoms with Crippen molar-refractivity contribution in [3.8, 4) is 0 Å². The number of carbonyl (C=O) groups is 1. The molecule has 2 aliphatic rings. The predicted molar refractivity (Wildman–Crippen MR) is 95.8 cm³/mol. The average molecular weight is 321 g/mol. The lowest BCUT2D eigenvalue weighted by atomic mass is 10.0. The van der Waals surface area contributed by atoms with Gasteiger partial charge < -0.3 is 10.2 Å². The zero-order valence-corrected chi connectivity index (χ0v) is 13.9. The molecule has 0 saturated heterocycles. The first-order valence-electron chi connectivity index (χ1n) is 8.84. The SMILES string of the molecule is O=C(CC1CCCC1)Nc1ccc(N2Cc3ccncc3C2)cc1. The standard InChI is InChI=1S/C20H23N3O/c24-20(11-15-3-1-2-4-15)22-18-5-7-19(8-6-18)23-13-16-9-10-21-12-17(16)14-23/h5-10,12,15H,1-4,11,13-14H2,(H,22,24). The van der Waals surface area contributed by atoms with Gasteiger partial charge in [0.2, 0.25) is 5.91 Å². The van der Waals surface area contributed by atoms with E-state index in [1.807, 2.05) is 24.5 Å². The fraction of sp³-hybridized carbons (Fsp3) is 0.400. The summed E-state index contributed by atoms with van der Waals surface area (Å²) in [6.07, 6.45) is 9.43. The largest absolute Gasteiger partial charge is 0.363 e. The first-order chi connectivity index (χ1) is 11.8. The molecule has 1 saturated carbocycles. The van der Waals surface area contributed by atoms with Crippen LogP contribution in [0, 0.1) is 5.92 Å². The first kappa shape index (κ1) is 15.2. The van der Waals surface area contributed by atoms with E-state index < -0.39 is 0 Å². The Morgan fingerprint density at radius 3 is 2.58 bits per heavy atom. The number of hydrogen-bond donors (Lipinski definition) is 1. The fourth-order valence-corrected chi connectivity index (χ4v) is 3.85. The summed E-state index contributed by atoms with van der Waals surface area (Å²) in [4.78, 5) is 18.7. The van der Waals surface area contributed by atoms with E-state index in [9.17, 15) is 4.79 Å². The minimum atomic E-state index is 0.148. The maximum absolute atomic E-state index is 12.1. The molecule has 0 spiro atoms. The van der Waals surface area contributed by atoms with Crippen LogP contribution in [0.15, 0.2) is 42.7 Å². The highest BCUT2D eigenvalue weighted by molar-refractivity contribution is 5.91. The van der Waals surface area contributed by atoms with E-state index in [1.165, 1.54) is 42.5 Å². The van der Waals surface area contributed by atoms with Crippen LogP contribution in [-0.2, 0) is 17.9 Å². The summed E-state index contributed by atoms with van der Waals surface area (Å²) in [6, 6.07) is 10.3. The molecule has 0 radical (unpaired) electrons. The van der Waals surface area contributed by atoms with E-state index in [0.29, 0.717) is 12.3 Å². The lowest BCUT2D eigenvalue weighted by Crippen LogP contribution is -2.16. The van der Waals surface area contributed by atoms with Gasteiger partial charge in [0.25, 0.3) is 0 Å². The molecule has 124 valence electrons. The number of carbonyl (C=O) groups excluding carboxylic acids is 1. The van der Waals surface area contributed by atoms with Crippen LogP contribution in [0.5, 0.6) is 0 Å². The molecule has 2 heterocycles. The zero-order valence-electron chi connectivity index (χ0n) is 13.9. The molecule has 4 rings (SSSR count). The molecule has 2 aromatic rings. The molecule has 1 N–H and O–H groups in total. The van der Waals surface area contributed by atoms with Gasteiger partial charge in [0, 0.05) is 43.3 Å². The molecule has 0 unspecified atom stereocenters. The van der Waals surface area contributed by atoms with Gasteiger partial charge in [0.1, 0.15) is 0 Å². The van der Waals surface area contributed by atoms with Crippen molar-refractivity contribution >= 4 is 17.3 Å². The van der Waals surface area contributed by atoms with Crippen molar-refractivity contribution in [3.05, 3.63) is 53.9 Å². The predicted octanol–water partition coefficient (Wildman–Crippen LogP) is 4.12. The summed E-state index contributed by atoms with van der Waals surface area (Å²) < 4.78 is 0. The third kappa shape index (κ3) is 3.28. The van der Waals surface area contributed by atoms with Gasteiger partial charge >= 0.3 is 0 Å². The number of aromatic nitrogens is 1. The molecule has 1 aliphatic heterocycles. The normalized spacial score (nSPS) is 17.1. The molecule has 0 bridgehead atoms. The Balaban J connectivity index is 1.36. The summed E-state index contributed by atoms with van der Waals surface area (Å²) >= 11 is 0. The zero-order chi connectivity index (χ0) is 16.4. The highest BCUT2D eigenvalue weighted by Gasteiger charge is 2.20. The number of rotatable bonds is 4. The summed E-state index contributed by atoms with van der Waals surface area (Å²) in [5.41, 5.74) is 4.71. The van der Waals surface area contributed by atoms with Gasteiger partial charge in [-0.1, -0.05) is 12.8 Å². The van der Waals surface area contributed by atoms with Crippen molar-refractivity contribution < 1.29 is 4.79 Å². The maximum Gasteiger partial charge on any atom is 0.224 e. The van der Waals surface area contributed by atoms with Gasteiger partial charge in [-0.2, -0.15) is 0 Å². The third-order valence-corrected chi connectivity index (χ3v) is 5.19. The molecule has 1 fully saturated rings. The van der Waals surface area contributed by atoms with E-state index >= 15 is 0 Å². The number of amides is 1. The van der Waals surface area contributed by atoms with Crippen LogP contribution in [0.1, 0.15) is 43.2 Å². The number of nitrogens with one attached hydrogen (secondary N) is 1. The van der Waals surface area contributed by atoms with Crippen LogP contribution in [-0.4, -0.2) is 10.9 Å². The molecule has 0 atom stereocenters. The second-order valence-corrected chi connectivity index (χ2v) is 6.95. The summed E-state index contributed by atoms with van der Waals surface area (Å²) in [6.45, 7) is 1.82. The van der Waals surface area contributed by atoms with Crippen molar-refractivity contribution in [3.63, 3.8) is 0 Å². The van der Waals surface area contributed by atoms with Crippen molar-refractivity contribution in [1.29, 1.82) is 0 Å². The molecule has 4 nitrogen and oxygen atoms in total. The van der Waals surface area contributed by atoms with E-state index in [2.05, 4.69) is 33.4 Å². The molecular formula is C20H23N3O. The van der Waals surface area contributed by atoms with Crippen LogP contribution in [0.4, 0.5) is 11.4 Å². The Hall–Kier alpha value is -2.36. The number of fused-ring (bicyclic) bond motifs is 1. The Kier molecular flexibility index (Phi) is 4.20. The molecule has 24 heavy (non-hydrogen) atoms. The maximum atomic E-state index is 12.1. The fourth-order valence-electron chi connectivity index (χ4n) is 3.85. The Bertz CT molecular complexity index is 695. The van der Waals surface area contributed by atoms with Gasteiger partial charge in [-0.25, -0.2) is 0 Å². The molecule has 1 amide bonds. The third-order valence-electron chi connectivity index (χ3n) is 5.19. The Morgan fingerprint density at radius 2 is 1.83 bits per heavy atom. The van der Waals surface area contributed by atoms with E-state index in [4.69, 9.17) is 0 Å². The van der Waals surface area contributed by atoms with E-state index in [0.717, 1.165) is 18.8 Å². The van der Waals surface area contributed by atoms with Crippen LogP contribution >= 0.6 is 0 Å². The second-order valence-electron chi connectivity index (χ2n) is 6.95. The van der Waals surface area contributed by atoms with Crippen LogP contribution < -0.4 is 10.2 Å².